The molecule has 0 saturated carbocycles. The van der Waals surface area contributed by atoms with Crippen molar-refractivity contribution in [3.8, 4) is 0 Å². The van der Waals surface area contributed by atoms with Crippen LogP contribution in [0, 0.1) is 5.82 Å². The average Bonchev–Trinajstić information content (AvgIpc) is 2.64. The maximum absolute atomic E-state index is 13.4. The van der Waals surface area contributed by atoms with Crippen LogP contribution >= 0.6 is 15.9 Å². The molecule has 1 aliphatic heterocycles. The fraction of sp³-hybridized carbons (Fsp3) is 0.474. The molecule has 140 valence electrons. The molecule has 0 N–H and O–H groups in total. The second kappa shape index (κ2) is 8.31. The number of nitrogens with zero attached hydrogens (tertiary/aromatic N) is 5. The highest BCUT2D eigenvalue weighted by Crippen LogP contribution is 2.24. The summed E-state index contributed by atoms with van der Waals surface area (Å²) in [6.07, 6.45) is 3.90. The first-order chi connectivity index (χ1) is 12.4. The number of rotatable bonds is 5. The van der Waals surface area contributed by atoms with E-state index in [1.165, 1.54) is 6.07 Å². The van der Waals surface area contributed by atoms with E-state index in [9.17, 15) is 4.39 Å². The molecule has 1 unspecified atom stereocenters. The van der Waals surface area contributed by atoms with E-state index in [0.29, 0.717) is 10.5 Å². The van der Waals surface area contributed by atoms with E-state index in [1.807, 2.05) is 37.2 Å². The first-order valence-electron chi connectivity index (χ1n) is 8.82. The highest BCUT2D eigenvalue weighted by atomic mass is 79.9. The van der Waals surface area contributed by atoms with Crippen LogP contribution in [0.25, 0.3) is 0 Å². The lowest BCUT2D eigenvalue weighted by Crippen LogP contribution is -2.46. The van der Waals surface area contributed by atoms with Crippen molar-refractivity contribution in [3.05, 3.63) is 46.4 Å². The van der Waals surface area contributed by atoms with Crippen LogP contribution in [0.1, 0.15) is 18.4 Å². The molecule has 2 heterocycles. The fourth-order valence-corrected chi connectivity index (χ4v) is 3.77. The third-order valence-corrected chi connectivity index (χ3v) is 5.48. The topological polar surface area (TPSA) is 35.5 Å². The Hall–Kier alpha value is -1.73. The quantitative estimate of drug-likeness (QED) is 0.737. The van der Waals surface area contributed by atoms with Crippen LogP contribution in [-0.4, -0.2) is 55.1 Å². The zero-order chi connectivity index (χ0) is 18.7. The van der Waals surface area contributed by atoms with E-state index in [4.69, 9.17) is 0 Å². The van der Waals surface area contributed by atoms with Gasteiger partial charge in [-0.3, -0.25) is 4.90 Å². The summed E-state index contributed by atoms with van der Waals surface area (Å²) in [4.78, 5) is 15.4. The summed E-state index contributed by atoms with van der Waals surface area (Å²) in [5, 5.41) is 0. The predicted molar refractivity (Wildman–Crippen MR) is 107 cm³/mol. The lowest BCUT2D eigenvalue weighted by atomic mass is 10.0. The largest absolute Gasteiger partial charge is 0.363 e. The molecule has 0 bridgehead atoms. The number of likely N-dealkylation sites (N-methyl/N-ethyl adjacent to an activating group) is 1. The number of benzene rings is 1. The molecule has 0 aliphatic carbocycles. The van der Waals surface area contributed by atoms with Crippen LogP contribution in [-0.2, 0) is 6.54 Å². The molecule has 7 heteroatoms. The van der Waals surface area contributed by atoms with E-state index >= 15 is 0 Å². The molecule has 5 nitrogen and oxygen atoms in total. The minimum atomic E-state index is -0.217. The SMILES string of the molecule is CN(C)c1cc(N(C)C2CCCN(Cc3ccc(F)c(Br)c3)C2)ncn1. The molecule has 0 amide bonds. The highest BCUT2D eigenvalue weighted by Gasteiger charge is 2.24. The van der Waals surface area contributed by atoms with Gasteiger partial charge in [-0.25, -0.2) is 14.4 Å². The smallest absolute Gasteiger partial charge is 0.137 e. The van der Waals surface area contributed by atoms with Crippen molar-refractivity contribution >= 4 is 27.6 Å². The maximum Gasteiger partial charge on any atom is 0.137 e. The zero-order valence-electron chi connectivity index (χ0n) is 15.5. The number of piperidine rings is 1. The molecule has 0 spiro atoms. The standard InChI is InChI=1S/C19H25BrFN5/c1-24(2)18-10-19(23-13-22-18)25(3)15-5-4-8-26(12-15)11-14-6-7-17(21)16(20)9-14/h6-7,9-10,13,15H,4-5,8,11-12H2,1-3H3. The Kier molecular flexibility index (Phi) is 6.09. The Morgan fingerprint density at radius 1 is 1.19 bits per heavy atom. The van der Waals surface area contributed by atoms with Crippen molar-refractivity contribution in [2.75, 3.05) is 44.0 Å². The Balaban J connectivity index is 1.67. The Morgan fingerprint density at radius 3 is 2.69 bits per heavy atom. The van der Waals surface area contributed by atoms with Gasteiger partial charge in [0.2, 0.25) is 0 Å². The summed E-state index contributed by atoms with van der Waals surface area (Å²) >= 11 is 3.28. The lowest BCUT2D eigenvalue weighted by Gasteiger charge is -2.38. The first kappa shape index (κ1) is 19.0. The van der Waals surface area contributed by atoms with Crippen molar-refractivity contribution in [3.63, 3.8) is 0 Å². The summed E-state index contributed by atoms with van der Waals surface area (Å²) in [7, 11) is 6.06. The number of hydrogen-bond acceptors (Lipinski definition) is 5. The van der Waals surface area contributed by atoms with Gasteiger partial charge in [0.25, 0.3) is 0 Å². The number of hydrogen-bond donors (Lipinski definition) is 0. The van der Waals surface area contributed by atoms with Crippen LogP contribution < -0.4 is 9.80 Å². The summed E-state index contributed by atoms with van der Waals surface area (Å²) < 4.78 is 14.0. The van der Waals surface area contributed by atoms with Crippen molar-refractivity contribution in [1.29, 1.82) is 0 Å². The van der Waals surface area contributed by atoms with Gasteiger partial charge in [0, 0.05) is 46.3 Å². The van der Waals surface area contributed by atoms with Gasteiger partial charge in [0.05, 0.1) is 4.47 Å². The molecular weight excluding hydrogens is 397 g/mol. The number of anilines is 2. The van der Waals surface area contributed by atoms with E-state index in [1.54, 1.807) is 6.33 Å². The van der Waals surface area contributed by atoms with Gasteiger partial charge >= 0.3 is 0 Å². The van der Waals surface area contributed by atoms with Crippen molar-refractivity contribution in [2.45, 2.75) is 25.4 Å². The molecule has 2 aromatic rings. The van der Waals surface area contributed by atoms with Gasteiger partial charge in [-0.1, -0.05) is 6.07 Å². The number of halogens is 2. The van der Waals surface area contributed by atoms with Crippen LogP contribution in [0.3, 0.4) is 0 Å². The Labute approximate surface area is 163 Å². The molecule has 3 rings (SSSR count). The molecule has 0 radical (unpaired) electrons. The molecule has 26 heavy (non-hydrogen) atoms. The molecule has 1 aliphatic rings. The predicted octanol–water partition coefficient (Wildman–Crippen LogP) is 3.55. The lowest BCUT2D eigenvalue weighted by molar-refractivity contribution is 0.198. The Morgan fingerprint density at radius 2 is 1.96 bits per heavy atom. The van der Waals surface area contributed by atoms with E-state index in [-0.39, 0.29) is 5.82 Å². The third-order valence-electron chi connectivity index (χ3n) is 4.88. The van der Waals surface area contributed by atoms with Gasteiger partial charge in [-0.15, -0.1) is 0 Å². The van der Waals surface area contributed by atoms with E-state index < -0.39 is 0 Å². The van der Waals surface area contributed by atoms with Crippen LogP contribution in [0.5, 0.6) is 0 Å². The van der Waals surface area contributed by atoms with E-state index in [0.717, 1.165) is 49.7 Å². The minimum absolute atomic E-state index is 0.217. The van der Waals surface area contributed by atoms with Crippen molar-refractivity contribution < 1.29 is 4.39 Å². The second-order valence-corrected chi connectivity index (χ2v) is 7.87. The average molecular weight is 422 g/mol. The van der Waals surface area contributed by atoms with Gasteiger partial charge < -0.3 is 9.80 Å². The monoisotopic (exact) mass is 421 g/mol. The van der Waals surface area contributed by atoms with Crippen LogP contribution in [0.15, 0.2) is 35.1 Å². The number of aromatic nitrogens is 2. The summed E-state index contributed by atoms with van der Waals surface area (Å²) in [5.74, 6) is 1.64. The number of likely N-dealkylation sites (tertiary alicyclic amines) is 1. The van der Waals surface area contributed by atoms with Gasteiger partial charge in [-0.05, 0) is 53.0 Å². The molecule has 1 saturated heterocycles. The van der Waals surface area contributed by atoms with E-state index in [2.05, 4.69) is 42.7 Å². The Bertz CT molecular complexity index is 754. The van der Waals surface area contributed by atoms with Crippen molar-refractivity contribution in [1.82, 2.24) is 14.9 Å². The fourth-order valence-electron chi connectivity index (χ4n) is 3.35. The third kappa shape index (κ3) is 4.51. The second-order valence-electron chi connectivity index (χ2n) is 7.02. The highest BCUT2D eigenvalue weighted by molar-refractivity contribution is 9.10. The maximum atomic E-state index is 13.4. The van der Waals surface area contributed by atoms with Gasteiger partial charge in [0.1, 0.15) is 23.8 Å². The summed E-state index contributed by atoms with van der Waals surface area (Å²) in [6.45, 7) is 2.86. The van der Waals surface area contributed by atoms with Gasteiger partial charge in [-0.2, -0.15) is 0 Å². The molecule has 1 atom stereocenters. The first-order valence-corrected chi connectivity index (χ1v) is 9.62. The molecule has 1 aromatic heterocycles. The molecule has 1 aromatic carbocycles. The van der Waals surface area contributed by atoms with Crippen LogP contribution in [0.2, 0.25) is 0 Å². The normalized spacial score (nSPS) is 18.0. The van der Waals surface area contributed by atoms with Crippen molar-refractivity contribution in [2.24, 2.45) is 0 Å². The zero-order valence-corrected chi connectivity index (χ0v) is 17.1. The molecule has 1 fully saturated rings. The summed E-state index contributed by atoms with van der Waals surface area (Å²) in [5.41, 5.74) is 1.12. The minimum Gasteiger partial charge on any atom is -0.363 e. The molecular formula is C19H25BrFN5. The van der Waals surface area contributed by atoms with Gasteiger partial charge in [0.15, 0.2) is 0 Å². The van der Waals surface area contributed by atoms with Crippen LogP contribution in [0.4, 0.5) is 16.0 Å². The summed E-state index contributed by atoms with van der Waals surface area (Å²) in [6, 6.07) is 7.68.